The van der Waals surface area contributed by atoms with Crippen molar-refractivity contribution < 1.29 is 18.8 Å². The predicted molar refractivity (Wildman–Crippen MR) is 151 cm³/mol. The van der Waals surface area contributed by atoms with E-state index >= 15 is 0 Å². The third-order valence-electron chi connectivity index (χ3n) is 7.16. The van der Waals surface area contributed by atoms with Crippen molar-refractivity contribution in [3.63, 3.8) is 0 Å². The Morgan fingerprint density at radius 2 is 1.65 bits per heavy atom. The van der Waals surface area contributed by atoms with E-state index in [-0.39, 0.29) is 30.0 Å². The van der Waals surface area contributed by atoms with E-state index in [1.165, 1.54) is 22.5 Å². The number of aryl methyl sites for hydroxylation is 1. The van der Waals surface area contributed by atoms with Gasteiger partial charge in [-0.1, -0.05) is 69.3 Å². The van der Waals surface area contributed by atoms with Crippen LogP contribution in [0.5, 0.6) is 0 Å². The second-order valence-corrected chi connectivity index (χ2v) is 16.5. The van der Waals surface area contributed by atoms with Crippen molar-refractivity contribution in [2.24, 2.45) is 0 Å². The minimum Gasteiger partial charge on any atom is -0.449 e. The van der Waals surface area contributed by atoms with Gasteiger partial charge in [-0.2, -0.15) is 0 Å². The molecule has 0 bridgehead atoms. The van der Waals surface area contributed by atoms with Crippen molar-refractivity contribution in [3.05, 3.63) is 70.7 Å². The zero-order valence-electron chi connectivity index (χ0n) is 22.3. The van der Waals surface area contributed by atoms with Crippen LogP contribution in [0.1, 0.15) is 43.5 Å². The fraction of sp³-hybridized carbons (Fsp3) is 0.393. The van der Waals surface area contributed by atoms with E-state index in [9.17, 15) is 9.59 Å². The summed E-state index contributed by atoms with van der Waals surface area (Å²) >= 11 is 1.35. The number of fused-ring (bicyclic) bond motifs is 3. The Hall–Kier alpha value is -3.01. The smallest absolute Gasteiger partial charge is 0.407 e. The number of benzene rings is 2. The van der Waals surface area contributed by atoms with Crippen molar-refractivity contribution in [1.82, 2.24) is 10.3 Å². The third-order valence-corrected chi connectivity index (χ3v) is 12.5. The number of hydrogen-bond donors (Lipinski definition) is 2. The lowest BCUT2D eigenvalue weighted by atomic mass is 9.98. The van der Waals surface area contributed by atoms with Crippen LogP contribution in [0, 0.1) is 6.92 Å². The molecule has 4 rings (SSSR count). The molecule has 0 fully saturated rings. The summed E-state index contributed by atoms with van der Waals surface area (Å²) in [6, 6.07) is 16.4. The molecule has 0 saturated carbocycles. The van der Waals surface area contributed by atoms with Gasteiger partial charge in [0.05, 0.1) is 12.2 Å². The lowest BCUT2D eigenvalue weighted by Gasteiger charge is -2.38. The van der Waals surface area contributed by atoms with E-state index < -0.39 is 20.5 Å². The number of amides is 2. The van der Waals surface area contributed by atoms with Gasteiger partial charge in [0.1, 0.15) is 12.7 Å². The first-order valence-corrected chi connectivity index (χ1v) is 16.2. The van der Waals surface area contributed by atoms with Gasteiger partial charge in [0.2, 0.25) is 0 Å². The van der Waals surface area contributed by atoms with Gasteiger partial charge in [0, 0.05) is 11.3 Å². The Kier molecular flexibility index (Phi) is 7.87. The molecule has 37 heavy (non-hydrogen) atoms. The second-order valence-electron chi connectivity index (χ2n) is 10.9. The summed E-state index contributed by atoms with van der Waals surface area (Å²) in [5.74, 6) is -0.369. The van der Waals surface area contributed by atoms with Crippen molar-refractivity contribution in [2.45, 2.75) is 57.8 Å². The number of carbonyl (C=O) groups is 2. The van der Waals surface area contributed by atoms with Crippen molar-refractivity contribution in [3.8, 4) is 11.1 Å². The predicted octanol–water partition coefficient (Wildman–Crippen LogP) is 6.32. The van der Waals surface area contributed by atoms with E-state index in [4.69, 9.17) is 9.16 Å². The van der Waals surface area contributed by atoms with E-state index in [1.54, 1.807) is 0 Å². The molecule has 1 heterocycles. The third kappa shape index (κ3) is 6.11. The first kappa shape index (κ1) is 27.0. The molecule has 0 spiro atoms. The average molecular weight is 538 g/mol. The summed E-state index contributed by atoms with van der Waals surface area (Å²) in [5, 5.41) is 7.86. The average Bonchev–Trinajstić information content (AvgIpc) is 3.40. The molecule has 2 N–H and O–H groups in total. The summed E-state index contributed by atoms with van der Waals surface area (Å²) in [6.45, 7) is 12.6. The highest BCUT2D eigenvalue weighted by Crippen LogP contribution is 2.44. The Bertz CT molecular complexity index is 1240. The van der Waals surface area contributed by atoms with Gasteiger partial charge in [-0.05, 0) is 47.3 Å². The van der Waals surface area contributed by atoms with Crippen LogP contribution in [0.2, 0.25) is 18.1 Å². The summed E-state index contributed by atoms with van der Waals surface area (Å²) in [7, 11) is -2.30. The van der Waals surface area contributed by atoms with E-state index in [1.807, 2.05) is 36.6 Å². The first-order chi connectivity index (χ1) is 17.5. The van der Waals surface area contributed by atoms with Gasteiger partial charge in [-0.3, -0.25) is 10.1 Å². The van der Waals surface area contributed by atoms with Crippen molar-refractivity contribution in [2.75, 3.05) is 18.5 Å². The SMILES string of the molecule is Cc1csc(NC(=O)C(CNC(=O)OCC2c3ccccc3-c3ccccc32)O[Si](C)(C)C(C)(C)C)n1. The van der Waals surface area contributed by atoms with Gasteiger partial charge < -0.3 is 14.5 Å². The van der Waals surface area contributed by atoms with Crippen LogP contribution >= 0.6 is 11.3 Å². The molecule has 1 atom stereocenters. The minimum absolute atomic E-state index is 0.000620. The summed E-state index contributed by atoms with van der Waals surface area (Å²) < 4.78 is 12.1. The van der Waals surface area contributed by atoms with Gasteiger partial charge in [-0.15, -0.1) is 11.3 Å². The molecule has 7 nitrogen and oxygen atoms in total. The maximum absolute atomic E-state index is 13.1. The molecule has 1 aliphatic rings. The van der Waals surface area contributed by atoms with Crippen LogP contribution in [-0.4, -0.2) is 44.6 Å². The lowest BCUT2D eigenvalue weighted by molar-refractivity contribution is -0.123. The minimum atomic E-state index is -2.30. The number of carbonyl (C=O) groups excluding carboxylic acids is 2. The topological polar surface area (TPSA) is 89.6 Å². The number of aromatic nitrogens is 1. The van der Waals surface area contributed by atoms with Crippen molar-refractivity contribution in [1.29, 1.82) is 0 Å². The van der Waals surface area contributed by atoms with Gasteiger partial charge in [0.25, 0.3) is 5.91 Å². The molecule has 0 aliphatic heterocycles. The fourth-order valence-electron chi connectivity index (χ4n) is 4.14. The molecule has 1 unspecified atom stereocenters. The van der Waals surface area contributed by atoms with Gasteiger partial charge >= 0.3 is 6.09 Å². The van der Waals surface area contributed by atoms with E-state index in [2.05, 4.69) is 73.7 Å². The quantitative estimate of drug-likeness (QED) is 0.328. The number of hydrogen-bond acceptors (Lipinski definition) is 6. The van der Waals surface area contributed by atoms with Crippen LogP contribution in [-0.2, 0) is 14.0 Å². The van der Waals surface area contributed by atoms with Crippen LogP contribution in [0.25, 0.3) is 11.1 Å². The summed E-state index contributed by atoms with van der Waals surface area (Å²) in [6.07, 6.45) is -1.45. The maximum atomic E-state index is 13.1. The van der Waals surface area contributed by atoms with E-state index in [0.717, 1.165) is 16.8 Å². The Morgan fingerprint density at radius 1 is 1.05 bits per heavy atom. The molecule has 1 aliphatic carbocycles. The summed E-state index contributed by atoms with van der Waals surface area (Å²) in [5.41, 5.74) is 5.47. The van der Waals surface area contributed by atoms with Gasteiger partial charge in [0.15, 0.2) is 13.4 Å². The standard InChI is InChI=1S/C28H35N3O4SSi/c1-18-17-36-26(30-18)31-25(32)24(35-37(5,6)28(2,3)4)15-29-27(33)34-16-23-21-13-9-7-11-19(21)20-12-8-10-14-22(20)23/h7-14,17,23-24H,15-16H2,1-6H3,(H,29,33)(H,30,31,32). The Balaban J connectivity index is 1.41. The maximum Gasteiger partial charge on any atom is 0.407 e. The molecular weight excluding hydrogens is 502 g/mol. The van der Waals surface area contributed by atoms with Crippen LogP contribution < -0.4 is 10.6 Å². The number of nitrogens with zero attached hydrogens (tertiary/aromatic N) is 1. The molecule has 0 radical (unpaired) electrons. The van der Waals surface area contributed by atoms with Gasteiger partial charge in [-0.25, -0.2) is 9.78 Å². The highest BCUT2D eigenvalue weighted by molar-refractivity contribution is 7.13. The lowest BCUT2D eigenvalue weighted by Crippen LogP contribution is -2.51. The summed E-state index contributed by atoms with van der Waals surface area (Å²) in [4.78, 5) is 30.2. The number of anilines is 1. The highest BCUT2D eigenvalue weighted by atomic mass is 32.1. The molecule has 2 amide bonds. The second kappa shape index (κ2) is 10.8. The van der Waals surface area contributed by atoms with Crippen molar-refractivity contribution >= 4 is 36.8 Å². The molecule has 1 aromatic heterocycles. The Morgan fingerprint density at radius 3 is 2.19 bits per heavy atom. The first-order valence-electron chi connectivity index (χ1n) is 12.5. The number of ether oxygens (including phenoxy) is 1. The monoisotopic (exact) mass is 537 g/mol. The van der Waals surface area contributed by atoms with Crippen LogP contribution in [0.4, 0.5) is 9.93 Å². The molecule has 9 heteroatoms. The molecule has 3 aromatic rings. The zero-order chi connectivity index (χ0) is 26.8. The number of alkyl carbamates (subject to hydrolysis) is 1. The number of rotatable bonds is 8. The Labute approximate surface area is 223 Å². The van der Waals surface area contributed by atoms with Crippen LogP contribution in [0.3, 0.4) is 0 Å². The number of thiazole rings is 1. The molecule has 196 valence electrons. The fourth-order valence-corrected chi connectivity index (χ4v) is 6.09. The van der Waals surface area contributed by atoms with Crippen LogP contribution in [0.15, 0.2) is 53.9 Å². The molecular formula is C28H35N3O4SSi. The van der Waals surface area contributed by atoms with E-state index in [0.29, 0.717) is 5.13 Å². The largest absolute Gasteiger partial charge is 0.449 e. The normalized spacial score (nSPS) is 14.0. The molecule has 2 aromatic carbocycles. The number of nitrogens with one attached hydrogen (secondary N) is 2. The molecule has 0 saturated heterocycles. The zero-order valence-corrected chi connectivity index (χ0v) is 24.1. The highest BCUT2D eigenvalue weighted by Gasteiger charge is 2.41.